The van der Waals surface area contributed by atoms with Crippen molar-refractivity contribution in [3.63, 3.8) is 0 Å². The molecule has 0 unspecified atom stereocenters. The summed E-state index contributed by atoms with van der Waals surface area (Å²) in [6.07, 6.45) is 4.08. The standard InChI is InChI=1S/C9H16N2O/c1-2-12-6-5-11-4-3-9(7-10)8-11/h3-4,8H,2,5-7,10H2,1H3. The van der Waals surface area contributed by atoms with Crippen LogP contribution in [0.5, 0.6) is 0 Å². The van der Waals surface area contributed by atoms with Gasteiger partial charge in [-0.3, -0.25) is 0 Å². The molecule has 0 saturated carbocycles. The van der Waals surface area contributed by atoms with Gasteiger partial charge < -0.3 is 15.0 Å². The lowest BCUT2D eigenvalue weighted by Gasteiger charge is -2.01. The molecule has 1 rings (SSSR count). The lowest BCUT2D eigenvalue weighted by atomic mass is 10.4. The summed E-state index contributed by atoms with van der Waals surface area (Å²) in [5.74, 6) is 0. The monoisotopic (exact) mass is 168 g/mol. The molecular weight excluding hydrogens is 152 g/mol. The highest BCUT2D eigenvalue weighted by Gasteiger charge is 1.93. The number of hydrogen-bond acceptors (Lipinski definition) is 2. The van der Waals surface area contributed by atoms with Crippen LogP contribution >= 0.6 is 0 Å². The fourth-order valence-electron chi connectivity index (χ4n) is 1.06. The number of ether oxygens (including phenoxy) is 1. The molecule has 0 aliphatic carbocycles. The van der Waals surface area contributed by atoms with Crippen LogP contribution in [0.1, 0.15) is 12.5 Å². The summed E-state index contributed by atoms with van der Waals surface area (Å²) < 4.78 is 7.32. The summed E-state index contributed by atoms with van der Waals surface area (Å²) >= 11 is 0. The van der Waals surface area contributed by atoms with Gasteiger partial charge in [-0.2, -0.15) is 0 Å². The summed E-state index contributed by atoms with van der Waals surface area (Å²) in [6, 6.07) is 2.03. The number of rotatable bonds is 5. The minimum Gasteiger partial charge on any atom is -0.380 e. The molecule has 0 fully saturated rings. The quantitative estimate of drug-likeness (QED) is 0.666. The van der Waals surface area contributed by atoms with E-state index in [0.29, 0.717) is 6.54 Å². The van der Waals surface area contributed by atoms with Crippen LogP contribution in [0.4, 0.5) is 0 Å². The van der Waals surface area contributed by atoms with Gasteiger partial charge in [0, 0.05) is 32.1 Å². The van der Waals surface area contributed by atoms with Crippen molar-refractivity contribution in [2.24, 2.45) is 5.73 Å². The average Bonchev–Trinajstić information content (AvgIpc) is 2.53. The predicted molar refractivity (Wildman–Crippen MR) is 48.8 cm³/mol. The van der Waals surface area contributed by atoms with Crippen molar-refractivity contribution in [1.82, 2.24) is 4.57 Å². The van der Waals surface area contributed by atoms with Gasteiger partial charge in [-0.1, -0.05) is 0 Å². The van der Waals surface area contributed by atoms with Crippen molar-refractivity contribution in [3.8, 4) is 0 Å². The summed E-state index contributed by atoms with van der Waals surface area (Å²) in [6.45, 7) is 5.08. The second kappa shape index (κ2) is 4.95. The molecule has 1 aromatic rings. The van der Waals surface area contributed by atoms with E-state index in [-0.39, 0.29) is 0 Å². The summed E-state index contributed by atoms with van der Waals surface area (Å²) in [7, 11) is 0. The summed E-state index contributed by atoms with van der Waals surface area (Å²) in [5.41, 5.74) is 6.65. The molecule has 68 valence electrons. The average molecular weight is 168 g/mol. The molecular formula is C9H16N2O. The van der Waals surface area contributed by atoms with Gasteiger partial charge in [0.25, 0.3) is 0 Å². The Bertz CT molecular complexity index is 220. The first-order chi connectivity index (χ1) is 5.86. The van der Waals surface area contributed by atoms with E-state index in [4.69, 9.17) is 10.5 Å². The highest BCUT2D eigenvalue weighted by molar-refractivity contribution is 5.09. The zero-order valence-electron chi connectivity index (χ0n) is 7.49. The van der Waals surface area contributed by atoms with Crippen LogP contribution in [0.25, 0.3) is 0 Å². The molecule has 0 atom stereocenters. The predicted octanol–water partition coefficient (Wildman–Crippen LogP) is 0.983. The third-order valence-electron chi connectivity index (χ3n) is 1.75. The van der Waals surface area contributed by atoms with Crippen molar-refractivity contribution in [2.45, 2.75) is 20.0 Å². The second-order valence-corrected chi connectivity index (χ2v) is 2.66. The maximum absolute atomic E-state index is 5.47. The van der Waals surface area contributed by atoms with Gasteiger partial charge in [0.15, 0.2) is 0 Å². The first-order valence-electron chi connectivity index (χ1n) is 4.29. The van der Waals surface area contributed by atoms with E-state index < -0.39 is 0 Å². The van der Waals surface area contributed by atoms with Crippen molar-refractivity contribution in [1.29, 1.82) is 0 Å². The van der Waals surface area contributed by atoms with Crippen LogP contribution in [-0.4, -0.2) is 17.8 Å². The van der Waals surface area contributed by atoms with Crippen molar-refractivity contribution in [3.05, 3.63) is 24.0 Å². The molecule has 0 aliphatic heterocycles. The lowest BCUT2D eigenvalue weighted by Crippen LogP contribution is -2.03. The Morgan fingerprint density at radius 1 is 1.58 bits per heavy atom. The van der Waals surface area contributed by atoms with Crippen LogP contribution in [-0.2, 0) is 17.8 Å². The van der Waals surface area contributed by atoms with E-state index in [1.54, 1.807) is 0 Å². The highest BCUT2D eigenvalue weighted by atomic mass is 16.5. The highest BCUT2D eigenvalue weighted by Crippen LogP contribution is 1.99. The van der Waals surface area contributed by atoms with Gasteiger partial charge in [0.2, 0.25) is 0 Å². The van der Waals surface area contributed by atoms with Gasteiger partial charge in [-0.15, -0.1) is 0 Å². The van der Waals surface area contributed by atoms with Crippen LogP contribution < -0.4 is 5.73 Å². The molecule has 3 nitrogen and oxygen atoms in total. The normalized spacial score (nSPS) is 10.5. The topological polar surface area (TPSA) is 40.2 Å². The maximum Gasteiger partial charge on any atom is 0.0645 e. The van der Waals surface area contributed by atoms with Gasteiger partial charge in [0.05, 0.1) is 6.61 Å². The van der Waals surface area contributed by atoms with E-state index >= 15 is 0 Å². The Labute approximate surface area is 73.1 Å². The van der Waals surface area contributed by atoms with Crippen LogP contribution in [0, 0.1) is 0 Å². The smallest absolute Gasteiger partial charge is 0.0645 e. The molecule has 0 radical (unpaired) electrons. The molecule has 0 amide bonds. The number of aromatic nitrogens is 1. The lowest BCUT2D eigenvalue weighted by molar-refractivity contribution is 0.139. The van der Waals surface area contributed by atoms with E-state index in [1.807, 2.05) is 19.2 Å². The Balaban J connectivity index is 2.31. The van der Waals surface area contributed by atoms with Crippen LogP contribution in [0.3, 0.4) is 0 Å². The molecule has 12 heavy (non-hydrogen) atoms. The summed E-state index contributed by atoms with van der Waals surface area (Å²) in [4.78, 5) is 0. The molecule has 3 heteroatoms. The minimum absolute atomic E-state index is 0.613. The molecule has 1 aromatic heterocycles. The minimum atomic E-state index is 0.613. The van der Waals surface area contributed by atoms with Crippen LogP contribution in [0.2, 0.25) is 0 Å². The molecule has 0 aromatic carbocycles. The molecule has 0 bridgehead atoms. The fraction of sp³-hybridized carbons (Fsp3) is 0.556. The van der Waals surface area contributed by atoms with E-state index in [1.165, 1.54) is 5.56 Å². The zero-order chi connectivity index (χ0) is 8.81. The fourth-order valence-corrected chi connectivity index (χ4v) is 1.06. The number of hydrogen-bond donors (Lipinski definition) is 1. The SMILES string of the molecule is CCOCCn1ccc(CN)c1. The molecule has 1 heterocycles. The second-order valence-electron chi connectivity index (χ2n) is 2.66. The van der Waals surface area contributed by atoms with Gasteiger partial charge in [-0.05, 0) is 18.6 Å². The van der Waals surface area contributed by atoms with E-state index in [0.717, 1.165) is 19.8 Å². The number of nitrogens with two attached hydrogens (primary N) is 1. The Hall–Kier alpha value is -0.800. The summed E-state index contributed by atoms with van der Waals surface area (Å²) in [5, 5.41) is 0. The van der Waals surface area contributed by atoms with Crippen LogP contribution in [0.15, 0.2) is 18.5 Å². The molecule has 2 N–H and O–H groups in total. The number of nitrogens with zero attached hydrogens (tertiary/aromatic N) is 1. The Morgan fingerprint density at radius 2 is 2.42 bits per heavy atom. The first kappa shape index (κ1) is 9.29. The molecule has 0 aliphatic rings. The van der Waals surface area contributed by atoms with E-state index in [2.05, 4.69) is 10.8 Å². The third-order valence-corrected chi connectivity index (χ3v) is 1.75. The van der Waals surface area contributed by atoms with Crippen molar-refractivity contribution in [2.75, 3.05) is 13.2 Å². The van der Waals surface area contributed by atoms with Gasteiger partial charge in [0.1, 0.15) is 0 Å². The Morgan fingerprint density at radius 3 is 3.00 bits per heavy atom. The first-order valence-corrected chi connectivity index (χ1v) is 4.29. The van der Waals surface area contributed by atoms with Gasteiger partial charge >= 0.3 is 0 Å². The van der Waals surface area contributed by atoms with Crippen molar-refractivity contribution < 1.29 is 4.74 Å². The Kier molecular flexibility index (Phi) is 3.84. The maximum atomic E-state index is 5.47. The zero-order valence-corrected chi connectivity index (χ0v) is 7.49. The van der Waals surface area contributed by atoms with Gasteiger partial charge in [-0.25, -0.2) is 0 Å². The largest absolute Gasteiger partial charge is 0.380 e. The third kappa shape index (κ3) is 2.68. The van der Waals surface area contributed by atoms with Crippen molar-refractivity contribution >= 4 is 0 Å². The van der Waals surface area contributed by atoms with E-state index in [9.17, 15) is 0 Å². The molecule has 0 spiro atoms. The molecule has 0 saturated heterocycles.